The SMILES string of the molecule is C#CC(=C)/C=C\C=C.C/C=C/C=C/C=C(C)C.CCCC(C)(CC)CC. The Kier molecular flexibility index (Phi) is 23.3. The third kappa shape index (κ3) is 24.3. The molecule has 0 aromatic carbocycles. The first kappa shape index (κ1) is 28.8. The fourth-order valence-electron chi connectivity index (χ4n) is 1.86. The molecule has 0 saturated heterocycles. The van der Waals surface area contributed by atoms with E-state index in [1.807, 2.05) is 31.2 Å². The summed E-state index contributed by atoms with van der Waals surface area (Å²) in [7, 11) is 0. The lowest BCUT2D eigenvalue weighted by Gasteiger charge is -2.25. The highest BCUT2D eigenvalue weighted by Crippen LogP contribution is 2.30. The van der Waals surface area contributed by atoms with E-state index in [1.165, 1.54) is 31.3 Å². The molecule has 0 nitrogen and oxygen atoms in total. The van der Waals surface area contributed by atoms with Crippen LogP contribution in [0.15, 0.2) is 72.9 Å². The molecule has 0 heteroatoms. The fourth-order valence-corrected chi connectivity index (χ4v) is 1.86. The Labute approximate surface area is 165 Å². The van der Waals surface area contributed by atoms with Gasteiger partial charge in [0, 0.05) is 5.57 Å². The average Bonchev–Trinajstić information content (AvgIpc) is 2.64. The molecule has 146 valence electrons. The zero-order valence-corrected chi connectivity index (χ0v) is 18.4. The van der Waals surface area contributed by atoms with Crippen molar-refractivity contribution in [2.24, 2.45) is 5.41 Å². The first-order valence-corrected chi connectivity index (χ1v) is 9.64. The second kappa shape index (κ2) is 21.0. The molecule has 0 unspecified atom stereocenters. The van der Waals surface area contributed by atoms with Crippen LogP contribution in [0.5, 0.6) is 0 Å². The number of terminal acetylenes is 1. The molecule has 0 atom stereocenters. The second-order valence-corrected chi connectivity index (χ2v) is 6.69. The zero-order valence-electron chi connectivity index (χ0n) is 18.4. The van der Waals surface area contributed by atoms with Crippen molar-refractivity contribution in [2.45, 2.75) is 74.1 Å². The van der Waals surface area contributed by atoms with Crippen LogP contribution in [0, 0.1) is 17.8 Å². The molecule has 0 spiro atoms. The Hall–Kier alpha value is -2.00. The Morgan fingerprint density at radius 1 is 1.04 bits per heavy atom. The number of hydrogen-bond donors (Lipinski definition) is 0. The third-order valence-electron chi connectivity index (χ3n) is 4.02. The van der Waals surface area contributed by atoms with Crippen molar-refractivity contribution in [3.05, 3.63) is 72.9 Å². The second-order valence-electron chi connectivity index (χ2n) is 6.69. The Bertz CT molecular complexity index is 493. The van der Waals surface area contributed by atoms with Gasteiger partial charge in [-0.3, -0.25) is 0 Å². The molecule has 0 aliphatic heterocycles. The quantitative estimate of drug-likeness (QED) is 0.302. The predicted molar refractivity (Wildman–Crippen MR) is 124 cm³/mol. The molecule has 0 fully saturated rings. The van der Waals surface area contributed by atoms with Crippen molar-refractivity contribution in [3.63, 3.8) is 0 Å². The van der Waals surface area contributed by atoms with Crippen molar-refractivity contribution >= 4 is 0 Å². The summed E-state index contributed by atoms with van der Waals surface area (Å²) in [6.07, 6.45) is 25.7. The van der Waals surface area contributed by atoms with E-state index in [-0.39, 0.29) is 0 Å². The van der Waals surface area contributed by atoms with Gasteiger partial charge in [-0.05, 0) is 38.7 Å². The van der Waals surface area contributed by atoms with Crippen LogP contribution in [0.2, 0.25) is 0 Å². The highest BCUT2D eigenvalue weighted by molar-refractivity contribution is 5.33. The number of allylic oxidation sites excluding steroid dienone is 10. The van der Waals surface area contributed by atoms with Crippen LogP contribution in [0.25, 0.3) is 0 Å². The summed E-state index contributed by atoms with van der Waals surface area (Å²) in [6, 6.07) is 0. The lowest BCUT2D eigenvalue weighted by molar-refractivity contribution is 0.270. The third-order valence-corrected chi connectivity index (χ3v) is 4.02. The smallest absolute Gasteiger partial charge is 0.0170 e. The predicted octanol–water partition coefficient (Wildman–Crippen LogP) is 8.62. The summed E-state index contributed by atoms with van der Waals surface area (Å²) in [6.45, 7) is 22.4. The van der Waals surface area contributed by atoms with Crippen molar-refractivity contribution in [2.75, 3.05) is 0 Å². The molecule has 0 N–H and O–H groups in total. The topological polar surface area (TPSA) is 0 Å². The van der Waals surface area contributed by atoms with Gasteiger partial charge in [0.1, 0.15) is 0 Å². The molecule has 0 aromatic heterocycles. The maximum absolute atomic E-state index is 4.98. The standard InChI is InChI=1S/C9H20.C9H14.C8H8/c1-5-8-9(4,6-2)7-3;1-4-5-6-7-8-9(2)3;1-4-6-7-8(3)5-2/h5-8H2,1-4H3;4-8H,1-3H3;2,4,6-7H,1,3H2/b;5-4+,7-6+;7-6-. The Balaban J connectivity index is -0.000000306. The first-order valence-electron chi connectivity index (χ1n) is 9.64. The van der Waals surface area contributed by atoms with Crippen LogP contribution in [0.4, 0.5) is 0 Å². The first-order chi connectivity index (χ1) is 12.3. The molecular weight excluding hydrogens is 312 g/mol. The van der Waals surface area contributed by atoms with Gasteiger partial charge in [-0.15, -0.1) is 6.42 Å². The molecule has 0 amide bonds. The zero-order chi connectivity index (χ0) is 20.8. The molecule has 0 heterocycles. The van der Waals surface area contributed by atoms with Gasteiger partial charge >= 0.3 is 0 Å². The van der Waals surface area contributed by atoms with Crippen molar-refractivity contribution in [3.8, 4) is 12.3 Å². The lowest BCUT2D eigenvalue weighted by atomic mass is 9.81. The van der Waals surface area contributed by atoms with Gasteiger partial charge in [0.2, 0.25) is 0 Å². The van der Waals surface area contributed by atoms with Crippen LogP contribution in [-0.2, 0) is 0 Å². The summed E-state index contributed by atoms with van der Waals surface area (Å²) in [5.41, 5.74) is 2.63. The van der Waals surface area contributed by atoms with Gasteiger partial charge in [0.15, 0.2) is 0 Å². The molecule has 0 aliphatic carbocycles. The van der Waals surface area contributed by atoms with Crippen LogP contribution in [0.1, 0.15) is 74.1 Å². The average molecular weight is 355 g/mol. The van der Waals surface area contributed by atoms with Gasteiger partial charge < -0.3 is 0 Å². The number of hydrogen-bond acceptors (Lipinski definition) is 0. The van der Waals surface area contributed by atoms with E-state index < -0.39 is 0 Å². The van der Waals surface area contributed by atoms with Crippen molar-refractivity contribution < 1.29 is 0 Å². The monoisotopic (exact) mass is 354 g/mol. The van der Waals surface area contributed by atoms with Crippen LogP contribution in [-0.4, -0.2) is 0 Å². The van der Waals surface area contributed by atoms with E-state index in [1.54, 1.807) is 18.2 Å². The largest absolute Gasteiger partial charge is 0.115 e. The van der Waals surface area contributed by atoms with E-state index in [9.17, 15) is 0 Å². The van der Waals surface area contributed by atoms with Crippen molar-refractivity contribution in [1.82, 2.24) is 0 Å². The molecule has 0 rings (SSSR count). The molecular formula is C26H42. The normalized spacial score (nSPS) is 10.5. The van der Waals surface area contributed by atoms with E-state index in [2.05, 4.69) is 66.7 Å². The maximum atomic E-state index is 4.98. The van der Waals surface area contributed by atoms with Gasteiger partial charge in [-0.1, -0.05) is 114 Å². The summed E-state index contributed by atoms with van der Waals surface area (Å²) in [5.74, 6) is 2.37. The van der Waals surface area contributed by atoms with Crippen LogP contribution in [0.3, 0.4) is 0 Å². The summed E-state index contributed by atoms with van der Waals surface area (Å²) >= 11 is 0. The van der Waals surface area contributed by atoms with E-state index in [0.29, 0.717) is 11.0 Å². The molecule has 0 aliphatic rings. The minimum atomic E-state index is 0.634. The van der Waals surface area contributed by atoms with Gasteiger partial charge in [-0.25, -0.2) is 0 Å². The van der Waals surface area contributed by atoms with Crippen LogP contribution >= 0.6 is 0 Å². The van der Waals surface area contributed by atoms with Crippen LogP contribution < -0.4 is 0 Å². The molecule has 26 heavy (non-hydrogen) atoms. The highest BCUT2D eigenvalue weighted by atomic mass is 14.2. The summed E-state index contributed by atoms with van der Waals surface area (Å²) < 4.78 is 0. The summed E-state index contributed by atoms with van der Waals surface area (Å²) in [4.78, 5) is 0. The number of rotatable bonds is 8. The minimum absolute atomic E-state index is 0.634. The minimum Gasteiger partial charge on any atom is -0.115 e. The molecule has 0 saturated carbocycles. The molecule has 0 aromatic rings. The maximum Gasteiger partial charge on any atom is 0.0170 e. The van der Waals surface area contributed by atoms with E-state index in [4.69, 9.17) is 6.42 Å². The lowest BCUT2D eigenvalue weighted by Crippen LogP contribution is -2.12. The van der Waals surface area contributed by atoms with Gasteiger partial charge in [0.25, 0.3) is 0 Å². The molecule has 0 bridgehead atoms. The fraction of sp³-hybridized carbons (Fsp3) is 0.462. The summed E-state index contributed by atoms with van der Waals surface area (Å²) in [5, 5.41) is 0. The van der Waals surface area contributed by atoms with E-state index >= 15 is 0 Å². The van der Waals surface area contributed by atoms with Gasteiger partial charge in [0.05, 0.1) is 0 Å². The molecule has 0 radical (unpaired) electrons. The van der Waals surface area contributed by atoms with Gasteiger partial charge in [-0.2, -0.15) is 0 Å². The Morgan fingerprint density at radius 2 is 1.62 bits per heavy atom. The Morgan fingerprint density at radius 3 is 1.92 bits per heavy atom. The van der Waals surface area contributed by atoms with E-state index in [0.717, 1.165) is 0 Å². The highest BCUT2D eigenvalue weighted by Gasteiger charge is 2.16. The van der Waals surface area contributed by atoms with Crippen molar-refractivity contribution in [1.29, 1.82) is 0 Å².